The van der Waals surface area contributed by atoms with Gasteiger partial charge in [0, 0.05) is 45.8 Å². The molecule has 0 spiro atoms. The fourth-order valence-corrected chi connectivity index (χ4v) is 3.06. The molecule has 1 aromatic heterocycles. The number of aliphatic imine (C=N–C) groups is 1. The SMILES string of the molecule is CCn1cnnc1CNC(=NC)N1CCN(c2cc(F)ccc2F)CC1. The van der Waals surface area contributed by atoms with Gasteiger partial charge in [0.25, 0.3) is 0 Å². The minimum Gasteiger partial charge on any atom is -0.366 e. The molecule has 0 unspecified atom stereocenters. The van der Waals surface area contributed by atoms with Crippen molar-refractivity contribution in [2.45, 2.75) is 20.0 Å². The van der Waals surface area contributed by atoms with Gasteiger partial charge in [-0.2, -0.15) is 0 Å². The van der Waals surface area contributed by atoms with E-state index in [2.05, 4.69) is 25.4 Å². The van der Waals surface area contributed by atoms with Gasteiger partial charge in [-0.05, 0) is 19.1 Å². The minimum absolute atomic E-state index is 0.309. The molecule has 0 atom stereocenters. The normalized spacial score (nSPS) is 15.5. The lowest BCUT2D eigenvalue weighted by Gasteiger charge is -2.37. The Morgan fingerprint density at radius 3 is 2.69 bits per heavy atom. The molecule has 0 bridgehead atoms. The molecule has 1 N–H and O–H groups in total. The van der Waals surface area contributed by atoms with Gasteiger partial charge in [-0.15, -0.1) is 10.2 Å². The van der Waals surface area contributed by atoms with Gasteiger partial charge in [-0.3, -0.25) is 4.99 Å². The number of nitrogens with one attached hydrogen (secondary N) is 1. The first-order chi connectivity index (χ1) is 12.6. The Labute approximate surface area is 151 Å². The first kappa shape index (κ1) is 18.1. The van der Waals surface area contributed by atoms with Crippen molar-refractivity contribution in [1.29, 1.82) is 0 Å². The van der Waals surface area contributed by atoms with Gasteiger partial charge in [0.15, 0.2) is 11.8 Å². The zero-order valence-corrected chi connectivity index (χ0v) is 15.0. The van der Waals surface area contributed by atoms with E-state index < -0.39 is 11.6 Å². The van der Waals surface area contributed by atoms with Crippen LogP contribution in [0.25, 0.3) is 0 Å². The number of halogens is 2. The van der Waals surface area contributed by atoms with Crippen LogP contribution in [0.1, 0.15) is 12.7 Å². The molecule has 1 aromatic carbocycles. The molecule has 0 saturated carbocycles. The van der Waals surface area contributed by atoms with Crippen LogP contribution in [-0.2, 0) is 13.1 Å². The van der Waals surface area contributed by atoms with Crippen LogP contribution in [0.5, 0.6) is 0 Å². The van der Waals surface area contributed by atoms with Crippen LogP contribution in [0, 0.1) is 11.6 Å². The van der Waals surface area contributed by atoms with Crippen LogP contribution < -0.4 is 10.2 Å². The van der Waals surface area contributed by atoms with Crippen LogP contribution in [0.15, 0.2) is 29.5 Å². The molecule has 2 aromatic rings. The standard InChI is InChI=1S/C17H23F2N7/c1-3-24-12-22-23-16(24)11-21-17(20-2)26-8-6-25(7-9-26)15-10-13(18)4-5-14(15)19/h4-5,10,12H,3,6-9,11H2,1-2H3,(H,20,21). The number of rotatable bonds is 4. The highest BCUT2D eigenvalue weighted by Crippen LogP contribution is 2.21. The number of benzene rings is 1. The number of anilines is 1. The molecular formula is C17H23F2N7. The van der Waals surface area contributed by atoms with E-state index in [4.69, 9.17) is 0 Å². The topological polar surface area (TPSA) is 61.6 Å². The molecular weight excluding hydrogens is 340 g/mol. The van der Waals surface area contributed by atoms with Gasteiger partial charge in [0.2, 0.25) is 0 Å². The number of aromatic nitrogens is 3. The summed E-state index contributed by atoms with van der Waals surface area (Å²) < 4.78 is 29.3. The lowest BCUT2D eigenvalue weighted by molar-refractivity contribution is 0.369. The molecule has 0 aliphatic carbocycles. The Hall–Kier alpha value is -2.71. The van der Waals surface area contributed by atoms with Crippen LogP contribution in [0.2, 0.25) is 0 Å². The lowest BCUT2D eigenvalue weighted by Crippen LogP contribution is -2.52. The smallest absolute Gasteiger partial charge is 0.194 e. The maximum absolute atomic E-state index is 14.0. The van der Waals surface area contributed by atoms with Gasteiger partial charge < -0.3 is 19.7 Å². The Morgan fingerprint density at radius 2 is 2.00 bits per heavy atom. The molecule has 7 nitrogen and oxygen atoms in total. The van der Waals surface area contributed by atoms with Crippen molar-refractivity contribution in [2.24, 2.45) is 4.99 Å². The van der Waals surface area contributed by atoms with E-state index in [1.165, 1.54) is 12.1 Å². The van der Waals surface area contributed by atoms with Crippen molar-refractivity contribution in [3.05, 3.63) is 42.0 Å². The largest absolute Gasteiger partial charge is 0.366 e. The van der Waals surface area contributed by atoms with Crippen molar-refractivity contribution in [1.82, 2.24) is 25.0 Å². The van der Waals surface area contributed by atoms with E-state index in [1.54, 1.807) is 13.4 Å². The minimum atomic E-state index is -0.429. The molecule has 0 radical (unpaired) electrons. The predicted octanol–water partition coefficient (Wildman–Crippen LogP) is 1.47. The number of hydrogen-bond acceptors (Lipinski definition) is 4. The summed E-state index contributed by atoms with van der Waals surface area (Å²) in [6.45, 7) is 5.87. The van der Waals surface area contributed by atoms with E-state index in [9.17, 15) is 8.78 Å². The summed E-state index contributed by atoms with van der Waals surface area (Å²) in [4.78, 5) is 8.27. The summed E-state index contributed by atoms with van der Waals surface area (Å²) in [5, 5.41) is 11.3. The molecule has 2 heterocycles. The van der Waals surface area contributed by atoms with Gasteiger partial charge in [-0.25, -0.2) is 8.78 Å². The summed E-state index contributed by atoms with van der Waals surface area (Å²) in [5.74, 6) is 0.770. The first-order valence-electron chi connectivity index (χ1n) is 8.64. The highest BCUT2D eigenvalue weighted by Gasteiger charge is 2.22. The van der Waals surface area contributed by atoms with Gasteiger partial charge >= 0.3 is 0 Å². The van der Waals surface area contributed by atoms with Crippen molar-refractivity contribution in [3.8, 4) is 0 Å². The van der Waals surface area contributed by atoms with Crippen molar-refractivity contribution in [3.63, 3.8) is 0 Å². The monoisotopic (exact) mass is 363 g/mol. The summed E-state index contributed by atoms with van der Waals surface area (Å²) in [6, 6.07) is 3.55. The average Bonchev–Trinajstić information content (AvgIpc) is 3.12. The zero-order valence-electron chi connectivity index (χ0n) is 15.0. The van der Waals surface area contributed by atoms with Gasteiger partial charge in [0.05, 0.1) is 12.2 Å². The third-order valence-electron chi connectivity index (χ3n) is 4.48. The molecule has 0 amide bonds. The van der Waals surface area contributed by atoms with Crippen LogP contribution >= 0.6 is 0 Å². The number of aryl methyl sites for hydroxylation is 1. The van der Waals surface area contributed by atoms with E-state index in [-0.39, 0.29) is 0 Å². The molecule has 1 saturated heterocycles. The second-order valence-corrected chi connectivity index (χ2v) is 6.00. The summed E-state index contributed by atoms with van der Waals surface area (Å²) in [5.41, 5.74) is 0.309. The Morgan fingerprint density at radius 1 is 1.23 bits per heavy atom. The molecule has 9 heteroatoms. The molecule has 1 aliphatic rings. The summed E-state index contributed by atoms with van der Waals surface area (Å²) >= 11 is 0. The van der Waals surface area contributed by atoms with E-state index in [0.717, 1.165) is 24.4 Å². The first-order valence-corrected chi connectivity index (χ1v) is 8.64. The second-order valence-electron chi connectivity index (χ2n) is 6.00. The number of hydrogen-bond donors (Lipinski definition) is 1. The van der Waals surface area contributed by atoms with Crippen molar-refractivity contribution in [2.75, 3.05) is 38.1 Å². The Bertz CT molecular complexity index is 766. The maximum atomic E-state index is 14.0. The van der Waals surface area contributed by atoms with Crippen LogP contribution in [-0.4, -0.2) is 58.9 Å². The van der Waals surface area contributed by atoms with Gasteiger partial charge in [-0.1, -0.05) is 0 Å². The number of nitrogens with zero attached hydrogens (tertiary/aromatic N) is 6. The van der Waals surface area contributed by atoms with Crippen LogP contribution in [0.3, 0.4) is 0 Å². The number of piperazine rings is 1. The number of guanidine groups is 1. The Kier molecular flexibility index (Phi) is 5.65. The molecule has 1 aliphatic heterocycles. The lowest BCUT2D eigenvalue weighted by atomic mass is 10.2. The Balaban J connectivity index is 1.58. The van der Waals surface area contributed by atoms with Gasteiger partial charge in [0.1, 0.15) is 18.0 Å². The quantitative estimate of drug-likeness (QED) is 0.659. The van der Waals surface area contributed by atoms with E-state index >= 15 is 0 Å². The molecule has 26 heavy (non-hydrogen) atoms. The van der Waals surface area contributed by atoms with Crippen LogP contribution in [0.4, 0.5) is 14.5 Å². The molecule has 1 fully saturated rings. The summed E-state index contributed by atoms with van der Waals surface area (Å²) in [7, 11) is 1.73. The molecule has 140 valence electrons. The fourth-order valence-electron chi connectivity index (χ4n) is 3.06. The van der Waals surface area contributed by atoms with Crippen molar-refractivity contribution >= 4 is 11.6 Å². The fraction of sp³-hybridized carbons (Fsp3) is 0.471. The zero-order chi connectivity index (χ0) is 18.5. The summed E-state index contributed by atoms with van der Waals surface area (Å²) in [6.07, 6.45) is 1.70. The van der Waals surface area contributed by atoms with E-state index in [1.807, 2.05) is 16.4 Å². The third-order valence-corrected chi connectivity index (χ3v) is 4.48. The maximum Gasteiger partial charge on any atom is 0.194 e. The highest BCUT2D eigenvalue weighted by atomic mass is 19.1. The third kappa shape index (κ3) is 3.92. The highest BCUT2D eigenvalue weighted by molar-refractivity contribution is 5.80. The van der Waals surface area contributed by atoms with Crippen molar-refractivity contribution < 1.29 is 8.78 Å². The predicted molar refractivity (Wildman–Crippen MR) is 96.0 cm³/mol. The second kappa shape index (κ2) is 8.11. The van der Waals surface area contributed by atoms with E-state index in [0.29, 0.717) is 38.4 Å². The average molecular weight is 363 g/mol. The molecule has 3 rings (SSSR count).